The number of rotatable bonds is 6. The van der Waals surface area contributed by atoms with Crippen LogP contribution in [0.15, 0.2) is 36.4 Å². The van der Waals surface area contributed by atoms with Crippen LogP contribution in [-0.4, -0.2) is 40.1 Å². The van der Waals surface area contributed by atoms with Crippen molar-refractivity contribution >= 4 is 16.8 Å². The van der Waals surface area contributed by atoms with Gasteiger partial charge in [-0.15, -0.1) is 0 Å². The topological polar surface area (TPSA) is 56.3 Å². The van der Waals surface area contributed by atoms with E-state index in [1.165, 1.54) is 18.2 Å². The summed E-state index contributed by atoms with van der Waals surface area (Å²) in [5, 5.41) is 9.71. The zero-order valence-corrected chi connectivity index (χ0v) is 17.5. The summed E-state index contributed by atoms with van der Waals surface area (Å²) in [4.78, 5) is 17.6. The van der Waals surface area contributed by atoms with Crippen LogP contribution >= 0.6 is 0 Å². The van der Waals surface area contributed by atoms with Gasteiger partial charge < -0.3 is 15.0 Å². The molecule has 1 saturated carbocycles. The van der Waals surface area contributed by atoms with Crippen LogP contribution in [0, 0.1) is 23.4 Å². The molecule has 164 valence electrons. The lowest BCUT2D eigenvalue weighted by molar-refractivity contribution is -0.141. The monoisotopic (exact) mass is 430 g/mol. The second kappa shape index (κ2) is 8.38. The first-order valence-corrected chi connectivity index (χ1v) is 10.5. The molecule has 0 radical (unpaired) electrons. The molecule has 1 aliphatic rings. The highest BCUT2D eigenvalue weighted by Gasteiger charge is 2.40. The summed E-state index contributed by atoms with van der Waals surface area (Å²) >= 11 is 0. The number of carbonyl (C=O) groups is 1. The Kier molecular flexibility index (Phi) is 5.79. The van der Waals surface area contributed by atoms with Gasteiger partial charge in [0.25, 0.3) is 0 Å². The maximum absolute atomic E-state index is 14.5. The third kappa shape index (κ3) is 3.94. The predicted octanol–water partition coefficient (Wildman–Crippen LogP) is 4.98. The molecule has 1 heterocycles. The number of nitrogens with one attached hydrogen (secondary N) is 1. The van der Waals surface area contributed by atoms with Crippen molar-refractivity contribution in [1.29, 1.82) is 0 Å². The molecular weight excluding hydrogens is 405 g/mol. The molecule has 4 rings (SSSR count). The highest BCUT2D eigenvalue weighted by Crippen LogP contribution is 2.49. The van der Waals surface area contributed by atoms with Gasteiger partial charge in [-0.05, 0) is 74.1 Å². The Bertz CT molecular complexity index is 1100. The number of benzene rings is 2. The highest BCUT2D eigenvalue weighted by atomic mass is 19.1. The number of amides is 1. The average molecular weight is 430 g/mol. The Morgan fingerprint density at radius 3 is 2.42 bits per heavy atom. The molecular formula is C24H25F3N2O2. The molecule has 7 heteroatoms. The van der Waals surface area contributed by atoms with Crippen LogP contribution in [-0.2, 0) is 4.79 Å². The van der Waals surface area contributed by atoms with E-state index < -0.39 is 11.6 Å². The minimum absolute atomic E-state index is 0.0131. The lowest BCUT2D eigenvalue weighted by Crippen LogP contribution is -2.45. The van der Waals surface area contributed by atoms with Crippen LogP contribution in [0.1, 0.15) is 38.2 Å². The van der Waals surface area contributed by atoms with E-state index in [1.807, 2.05) is 13.8 Å². The van der Waals surface area contributed by atoms with Gasteiger partial charge in [0.15, 0.2) is 0 Å². The summed E-state index contributed by atoms with van der Waals surface area (Å²) in [7, 11) is 0. The van der Waals surface area contributed by atoms with Gasteiger partial charge in [-0.25, -0.2) is 13.2 Å². The predicted molar refractivity (Wildman–Crippen MR) is 113 cm³/mol. The third-order valence-electron chi connectivity index (χ3n) is 6.14. The van der Waals surface area contributed by atoms with Crippen LogP contribution in [0.4, 0.5) is 13.2 Å². The first kappa shape index (κ1) is 21.4. The standard InChI is InChI=1S/C24H25F3N2O2/c1-13(2)29(7-8-30)24(31)16-9-15(10-16)21-19-11-18(26)12-20(27)23(19)28-22(21)14-3-5-17(25)6-4-14/h3-6,11-13,15-16,28,30H,7-10H2,1-2H3. The largest absolute Gasteiger partial charge is 0.395 e. The van der Waals surface area contributed by atoms with Gasteiger partial charge in [0.05, 0.1) is 17.8 Å². The van der Waals surface area contributed by atoms with Crippen molar-refractivity contribution in [3.05, 3.63) is 59.4 Å². The number of fused-ring (bicyclic) bond motifs is 1. The van der Waals surface area contributed by atoms with Gasteiger partial charge in [-0.2, -0.15) is 0 Å². The second-order valence-corrected chi connectivity index (χ2v) is 8.44. The number of carbonyl (C=O) groups excluding carboxylic acids is 1. The zero-order valence-electron chi connectivity index (χ0n) is 17.5. The second-order valence-electron chi connectivity index (χ2n) is 8.44. The van der Waals surface area contributed by atoms with Crippen LogP contribution in [0.25, 0.3) is 22.2 Å². The van der Waals surface area contributed by atoms with Gasteiger partial charge in [-0.3, -0.25) is 4.79 Å². The van der Waals surface area contributed by atoms with E-state index >= 15 is 0 Å². The first-order chi connectivity index (χ1) is 14.8. The number of hydrogen-bond donors (Lipinski definition) is 2. The minimum atomic E-state index is -0.689. The van der Waals surface area contributed by atoms with Crippen molar-refractivity contribution in [3.63, 3.8) is 0 Å². The Morgan fingerprint density at radius 2 is 1.81 bits per heavy atom. The van der Waals surface area contributed by atoms with E-state index in [4.69, 9.17) is 0 Å². The van der Waals surface area contributed by atoms with E-state index in [0.717, 1.165) is 11.6 Å². The number of hydrogen-bond acceptors (Lipinski definition) is 2. The van der Waals surface area contributed by atoms with Gasteiger partial charge in [0.1, 0.15) is 17.5 Å². The fraction of sp³-hybridized carbons (Fsp3) is 0.375. The minimum Gasteiger partial charge on any atom is -0.395 e. The molecule has 0 saturated heterocycles. The maximum atomic E-state index is 14.5. The molecule has 4 nitrogen and oxygen atoms in total. The summed E-state index contributed by atoms with van der Waals surface area (Å²) in [6, 6.07) is 7.96. The van der Waals surface area contributed by atoms with Gasteiger partial charge in [0, 0.05) is 30.0 Å². The molecule has 0 unspecified atom stereocenters. The molecule has 31 heavy (non-hydrogen) atoms. The number of aliphatic hydroxyl groups excluding tert-OH is 1. The van der Waals surface area contributed by atoms with Crippen LogP contribution in [0.3, 0.4) is 0 Å². The lowest BCUT2D eigenvalue weighted by atomic mass is 9.69. The summed E-state index contributed by atoms with van der Waals surface area (Å²) < 4.78 is 41.9. The Morgan fingerprint density at radius 1 is 1.13 bits per heavy atom. The van der Waals surface area contributed by atoms with Crippen molar-refractivity contribution in [1.82, 2.24) is 9.88 Å². The van der Waals surface area contributed by atoms with Crippen molar-refractivity contribution in [2.75, 3.05) is 13.2 Å². The third-order valence-corrected chi connectivity index (χ3v) is 6.14. The maximum Gasteiger partial charge on any atom is 0.226 e. The normalized spacial score (nSPS) is 18.4. The number of aliphatic hydroxyl groups is 1. The van der Waals surface area contributed by atoms with Crippen LogP contribution < -0.4 is 0 Å². The SMILES string of the molecule is CC(C)N(CCO)C(=O)C1CC(c2c(-c3ccc(F)cc3)[nH]c3c(F)cc(F)cc23)C1. The van der Waals surface area contributed by atoms with E-state index in [0.29, 0.717) is 29.5 Å². The van der Waals surface area contributed by atoms with Crippen molar-refractivity contribution in [3.8, 4) is 11.3 Å². The van der Waals surface area contributed by atoms with Gasteiger partial charge in [-0.1, -0.05) is 0 Å². The number of halogens is 3. The van der Waals surface area contributed by atoms with Crippen molar-refractivity contribution in [2.24, 2.45) is 5.92 Å². The average Bonchev–Trinajstić information content (AvgIpc) is 3.04. The van der Waals surface area contributed by atoms with E-state index in [-0.39, 0.29) is 48.3 Å². The van der Waals surface area contributed by atoms with E-state index in [1.54, 1.807) is 17.0 Å². The molecule has 0 spiro atoms. The molecule has 0 bridgehead atoms. The number of H-pyrrole nitrogens is 1. The van der Waals surface area contributed by atoms with E-state index in [2.05, 4.69) is 4.98 Å². The highest BCUT2D eigenvalue weighted by molar-refractivity contribution is 5.92. The number of aromatic nitrogens is 1. The van der Waals surface area contributed by atoms with Crippen LogP contribution in [0.5, 0.6) is 0 Å². The summed E-state index contributed by atoms with van der Waals surface area (Å²) in [5.41, 5.74) is 2.25. The molecule has 1 fully saturated rings. The zero-order chi connectivity index (χ0) is 22.3. The number of aromatic amines is 1. The fourth-order valence-corrected chi connectivity index (χ4v) is 4.53. The molecule has 0 aliphatic heterocycles. The van der Waals surface area contributed by atoms with Gasteiger partial charge >= 0.3 is 0 Å². The molecule has 2 aromatic carbocycles. The van der Waals surface area contributed by atoms with E-state index in [9.17, 15) is 23.1 Å². The molecule has 2 N–H and O–H groups in total. The molecule has 1 aromatic heterocycles. The Balaban J connectivity index is 1.70. The molecule has 0 atom stereocenters. The number of nitrogens with zero attached hydrogens (tertiary/aromatic N) is 1. The molecule has 1 aliphatic carbocycles. The Labute approximate surface area is 178 Å². The van der Waals surface area contributed by atoms with Crippen molar-refractivity contribution < 1.29 is 23.1 Å². The van der Waals surface area contributed by atoms with Crippen molar-refractivity contribution in [2.45, 2.75) is 38.6 Å². The summed E-state index contributed by atoms with van der Waals surface area (Å²) in [6.07, 6.45) is 1.10. The fourth-order valence-electron chi connectivity index (χ4n) is 4.53. The Hall–Kier alpha value is -2.80. The molecule has 3 aromatic rings. The van der Waals surface area contributed by atoms with Gasteiger partial charge in [0.2, 0.25) is 5.91 Å². The quantitative estimate of drug-likeness (QED) is 0.580. The smallest absolute Gasteiger partial charge is 0.226 e. The summed E-state index contributed by atoms with van der Waals surface area (Å²) in [6.45, 7) is 3.99. The molecule has 1 amide bonds. The lowest BCUT2D eigenvalue weighted by Gasteiger charge is -2.39. The van der Waals surface area contributed by atoms with Crippen LogP contribution in [0.2, 0.25) is 0 Å². The first-order valence-electron chi connectivity index (χ1n) is 10.5. The summed E-state index contributed by atoms with van der Waals surface area (Å²) in [5.74, 6) is -2.02.